The zero-order valence-corrected chi connectivity index (χ0v) is 13.6. The topological polar surface area (TPSA) is 46.3 Å². The number of nitrogen functional groups attached to an aromatic ring is 1. The zero-order valence-electron chi connectivity index (χ0n) is 12.7. The minimum Gasteiger partial charge on any atom is -0.399 e. The summed E-state index contributed by atoms with van der Waals surface area (Å²) < 4.78 is 13.0. The first-order valence-electron chi connectivity index (χ1n) is 7.50. The number of nitrogens with two attached hydrogens (primary N) is 1. The molecule has 0 atom stereocenters. The number of anilines is 1. The van der Waals surface area contributed by atoms with Crippen molar-refractivity contribution in [1.82, 2.24) is 4.90 Å². The predicted octanol–water partition coefficient (Wildman–Crippen LogP) is 3.56. The number of amides is 1. The lowest BCUT2D eigenvalue weighted by Crippen LogP contribution is -2.33. The number of nitrogens with zero attached hydrogens (tertiary/aromatic N) is 1. The molecule has 0 bridgehead atoms. The molecule has 0 saturated heterocycles. The number of carbonyl (C=O) groups excluding carboxylic acids is 1. The zero-order chi connectivity index (χ0) is 15.5. The average molecular weight is 335 g/mol. The highest BCUT2D eigenvalue weighted by Gasteiger charge is 2.32. The SMILES string of the molecule is Cl.Nc1ccc(CC(=O)N(Cc2ccc(F)cc2)C2CC2)cc1. The van der Waals surface area contributed by atoms with Gasteiger partial charge in [0.2, 0.25) is 5.91 Å². The van der Waals surface area contributed by atoms with Gasteiger partial charge in [0.05, 0.1) is 6.42 Å². The molecule has 2 aromatic rings. The van der Waals surface area contributed by atoms with Crippen LogP contribution in [0.5, 0.6) is 0 Å². The van der Waals surface area contributed by atoms with Gasteiger partial charge >= 0.3 is 0 Å². The third-order valence-corrected chi connectivity index (χ3v) is 3.91. The highest BCUT2D eigenvalue weighted by Crippen LogP contribution is 2.29. The second kappa shape index (κ2) is 7.47. The summed E-state index contributed by atoms with van der Waals surface area (Å²) in [6.07, 6.45) is 2.47. The van der Waals surface area contributed by atoms with E-state index in [0.717, 1.165) is 24.0 Å². The molecule has 3 nitrogen and oxygen atoms in total. The summed E-state index contributed by atoms with van der Waals surface area (Å²) in [7, 11) is 0. The van der Waals surface area contributed by atoms with Gasteiger partial charge in [0.25, 0.3) is 0 Å². The van der Waals surface area contributed by atoms with Gasteiger partial charge in [-0.1, -0.05) is 24.3 Å². The fourth-order valence-electron chi connectivity index (χ4n) is 2.51. The van der Waals surface area contributed by atoms with Crippen molar-refractivity contribution in [3.63, 3.8) is 0 Å². The maximum absolute atomic E-state index is 13.0. The van der Waals surface area contributed by atoms with E-state index in [4.69, 9.17) is 5.73 Å². The van der Waals surface area contributed by atoms with Gasteiger partial charge in [-0.2, -0.15) is 0 Å². The van der Waals surface area contributed by atoms with Crippen molar-refractivity contribution < 1.29 is 9.18 Å². The third kappa shape index (κ3) is 4.70. The molecule has 1 amide bonds. The molecular formula is C18H20ClFN2O. The van der Waals surface area contributed by atoms with Gasteiger partial charge in [-0.3, -0.25) is 4.79 Å². The highest BCUT2D eigenvalue weighted by atomic mass is 35.5. The van der Waals surface area contributed by atoms with Crippen molar-refractivity contribution in [2.24, 2.45) is 0 Å². The first kappa shape index (κ1) is 17.3. The Morgan fingerprint density at radius 1 is 1.04 bits per heavy atom. The van der Waals surface area contributed by atoms with Gasteiger partial charge < -0.3 is 10.6 Å². The van der Waals surface area contributed by atoms with E-state index in [9.17, 15) is 9.18 Å². The van der Waals surface area contributed by atoms with E-state index in [-0.39, 0.29) is 24.1 Å². The van der Waals surface area contributed by atoms with Crippen molar-refractivity contribution in [2.75, 3.05) is 5.73 Å². The Kier molecular flexibility index (Phi) is 5.61. The van der Waals surface area contributed by atoms with Crippen LogP contribution >= 0.6 is 12.4 Å². The van der Waals surface area contributed by atoms with Crippen LogP contribution in [0.15, 0.2) is 48.5 Å². The van der Waals surface area contributed by atoms with Gasteiger partial charge in [-0.05, 0) is 48.2 Å². The molecule has 1 fully saturated rings. The molecule has 1 aliphatic carbocycles. The van der Waals surface area contributed by atoms with Crippen LogP contribution < -0.4 is 5.73 Å². The summed E-state index contributed by atoms with van der Waals surface area (Å²) in [5, 5.41) is 0. The molecule has 2 aromatic carbocycles. The van der Waals surface area contributed by atoms with Crippen LogP contribution in [-0.4, -0.2) is 16.8 Å². The minimum atomic E-state index is -0.255. The Bertz CT molecular complexity index is 654. The summed E-state index contributed by atoms with van der Waals surface area (Å²) in [6.45, 7) is 0.540. The molecule has 5 heteroatoms. The molecule has 0 unspecified atom stereocenters. The van der Waals surface area contributed by atoms with Gasteiger partial charge in [0, 0.05) is 18.3 Å². The molecule has 3 rings (SSSR count). The Hall–Kier alpha value is -2.07. The van der Waals surface area contributed by atoms with Crippen molar-refractivity contribution in [1.29, 1.82) is 0 Å². The monoisotopic (exact) mass is 334 g/mol. The molecule has 1 saturated carbocycles. The lowest BCUT2D eigenvalue weighted by Gasteiger charge is -2.23. The van der Waals surface area contributed by atoms with Crippen LogP contribution in [0.4, 0.5) is 10.1 Å². The summed E-state index contributed by atoms with van der Waals surface area (Å²) >= 11 is 0. The maximum atomic E-state index is 13.0. The number of hydrogen-bond donors (Lipinski definition) is 1. The van der Waals surface area contributed by atoms with Crippen molar-refractivity contribution in [3.8, 4) is 0 Å². The first-order valence-corrected chi connectivity index (χ1v) is 7.50. The largest absolute Gasteiger partial charge is 0.399 e. The molecule has 23 heavy (non-hydrogen) atoms. The van der Waals surface area contributed by atoms with E-state index in [0.29, 0.717) is 24.7 Å². The summed E-state index contributed by atoms with van der Waals surface area (Å²) in [6, 6.07) is 14.1. The molecular weight excluding hydrogens is 315 g/mol. The van der Waals surface area contributed by atoms with E-state index in [1.807, 2.05) is 29.2 Å². The van der Waals surface area contributed by atoms with Crippen LogP contribution in [-0.2, 0) is 17.8 Å². The van der Waals surface area contributed by atoms with Crippen molar-refractivity contribution in [2.45, 2.75) is 31.8 Å². The van der Waals surface area contributed by atoms with Crippen molar-refractivity contribution in [3.05, 3.63) is 65.5 Å². The second-order valence-electron chi connectivity index (χ2n) is 5.80. The molecule has 1 aliphatic rings. The Balaban J connectivity index is 0.00000192. The van der Waals surface area contributed by atoms with E-state index in [2.05, 4.69) is 0 Å². The fourth-order valence-corrected chi connectivity index (χ4v) is 2.51. The van der Waals surface area contributed by atoms with E-state index in [1.165, 1.54) is 12.1 Å². The van der Waals surface area contributed by atoms with Crippen LogP contribution in [0.2, 0.25) is 0 Å². The molecule has 0 aromatic heterocycles. The van der Waals surface area contributed by atoms with Gasteiger partial charge in [0.15, 0.2) is 0 Å². The van der Waals surface area contributed by atoms with Crippen LogP contribution in [0.25, 0.3) is 0 Å². The maximum Gasteiger partial charge on any atom is 0.227 e. The Labute approximate surface area is 141 Å². The quantitative estimate of drug-likeness (QED) is 0.850. The lowest BCUT2D eigenvalue weighted by molar-refractivity contribution is -0.131. The third-order valence-electron chi connectivity index (χ3n) is 3.91. The Morgan fingerprint density at radius 2 is 1.61 bits per heavy atom. The number of halogens is 2. The Morgan fingerprint density at radius 3 is 2.17 bits per heavy atom. The van der Waals surface area contributed by atoms with Gasteiger partial charge in [0.1, 0.15) is 5.82 Å². The van der Waals surface area contributed by atoms with Crippen LogP contribution in [0.3, 0.4) is 0 Å². The lowest BCUT2D eigenvalue weighted by atomic mass is 10.1. The number of carbonyl (C=O) groups is 1. The summed E-state index contributed by atoms with van der Waals surface area (Å²) in [4.78, 5) is 14.5. The number of rotatable bonds is 5. The predicted molar refractivity (Wildman–Crippen MR) is 91.8 cm³/mol. The molecule has 122 valence electrons. The smallest absolute Gasteiger partial charge is 0.227 e. The number of hydrogen-bond acceptors (Lipinski definition) is 2. The molecule has 0 aliphatic heterocycles. The fraction of sp³-hybridized carbons (Fsp3) is 0.278. The molecule has 0 heterocycles. The molecule has 0 radical (unpaired) electrons. The van der Waals surface area contributed by atoms with Gasteiger partial charge in [-0.15, -0.1) is 12.4 Å². The highest BCUT2D eigenvalue weighted by molar-refractivity contribution is 5.85. The standard InChI is InChI=1S/C18H19FN2O.ClH/c19-15-5-1-14(2-6-15)12-21(17-9-10-17)18(22)11-13-3-7-16(20)8-4-13;/h1-8,17H,9-12,20H2;1H. The summed E-state index contributed by atoms with van der Waals surface area (Å²) in [5.74, 6) is -0.147. The normalized spacial score (nSPS) is 13.3. The van der Waals surface area contributed by atoms with E-state index < -0.39 is 0 Å². The molecule has 2 N–H and O–H groups in total. The first-order chi connectivity index (χ1) is 10.6. The number of benzene rings is 2. The summed E-state index contributed by atoms with van der Waals surface area (Å²) in [5.41, 5.74) is 8.28. The van der Waals surface area contributed by atoms with Crippen molar-refractivity contribution >= 4 is 24.0 Å². The minimum absolute atomic E-state index is 0. The average Bonchev–Trinajstić information content (AvgIpc) is 3.33. The van der Waals surface area contributed by atoms with Gasteiger partial charge in [-0.25, -0.2) is 4.39 Å². The van der Waals surface area contributed by atoms with Crippen LogP contribution in [0.1, 0.15) is 24.0 Å². The van der Waals surface area contributed by atoms with E-state index in [1.54, 1.807) is 12.1 Å². The second-order valence-corrected chi connectivity index (χ2v) is 5.80. The van der Waals surface area contributed by atoms with Crippen LogP contribution in [0, 0.1) is 5.82 Å². The molecule has 0 spiro atoms. The van der Waals surface area contributed by atoms with E-state index >= 15 is 0 Å².